The molecule has 0 amide bonds. The highest BCUT2D eigenvalue weighted by atomic mass is 35.5. The van der Waals surface area contributed by atoms with Gasteiger partial charge >= 0.3 is 0 Å². The Morgan fingerprint density at radius 3 is 2.93 bits per heavy atom. The highest BCUT2D eigenvalue weighted by molar-refractivity contribution is 6.22. The molecule has 1 aliphatic carbocycles. The third-order valence-corrected chi connectivity index (χ3v) is 3.12. The van der Waals surface area contributed by atoms with E-state index in [1.54, 1.807) is 0 Å². The van der Waals surface area contributed by atoms with Crippen molar-refractivity contribution in [3.05, 3.63) is 41.5 Å². The van der Waals surface area contributed by atoms with Crippen LogP contribution in [0.15, 0.2) is 30.3 Å². The lowest BCUT2D eigenvalue weighted by atomic mass is 10.0. The summed E-state index contributed by atoms with van der Waals surface area (Å²) in [5.41, 5.74) is 4.18. The average molecular weight is 207 g/mol. The summed E-state index contributed by atoms with van der Waals surface area (Å²) in [4.78, 5) is 0. The summed E-state index contributed by atoms with van der Waals surface area (Å²) in [5.74, 6) is 0. The summed E-state index contributed by atoms with van der Waals surface area (Å²) in [7, 11) is 0. The molecule has 0 aliphatic heterocycles. The predicted molar refractivity (Wildman–Crippen MR) is 62.7 cm³/mol. The van der Waals surface area contributed by atoms with E-state index in [2.05, 4.69) is 37.3 Å². The maximum Gasteiger partial charge on any atom is 0.0525 e. The highest BCUT2D eigenvalue weighted by Crippen LogP contribution is 2.30. The van der Waals surface area contributed by atoms with Crippen LogP contribution in [0.4, 0.5) is 0 Å². The first kappa shape index (κ1) is 9.79. The Morgan fingerprint density at radius 1 is 1.43 bits per heavy atom. The van der Waals surface area contributed by atoms with E-state index in [0.29, 0.717) is 0 Å². The van der Waals surface area contributed by atoms with E-state index in [1.807, 2.05) is 0 Å². The minimum atomic E-state index is 0.246. The second kappa shape index (κ2) is 4.18. The van der Waals surface area contributed by atoms with Gasteiger partial charge in [0, 0.05) is 0 Å². The van der Waals surface area contributed by atoms with Crippen molar-refractivity contribution in [2.75, 3.05) is 0 Å². The van der Waals surface area contributed by atoms with E-state index < -0.39 is 0 Å². The van der Waals surface area contributed by atoms with Gasteiger partial charge < -0.3 is 0 Å². The van der Waals surface area contributed by atoms with Gasteiger partial charge in [0.15, 0.2) is 0 Å². The third kappa shape index (κ3) is 2.01. The summed E-state index contributed by atoms with van der Waals surface area (Å²) >= 11 is 6.05. The van der Waals surface area contributed by atoms with E-state index in [4.69, 9.17) is 11.6 Å². The second-order valence-corrected chi connectivity index (χ2v) is 4.36. The van der Waals surface area contributed by atoms with Crippen molar-refractivity contribution in [2.45, 2.75) is 31.6 Å². The van der Waals surface area contributed by atoms with Gasteiger partial charge in [-0.3, -0.25) is 0 Å². The molecule has 2 rings (SSSR count). The number of rotatable bonds is 2. The fourth-order valence-electron chi connectivity index (χ4n) is 1.91. The Kier molecular flexibility index (Phi) is 2.93. The molecule has 0 fully saturated rings. The first-order chi connectivity index (χ1) is 6.79. The van der Waals surface area contributed by atoms with Crippen LogP contribution in [0.5, 0.6) is 0 Å². The highest BCUT2D eigenvalue weighted by Gasteiger charge is 2.14. The number of aryl methyl sites for hydroxylation is 1. The number of hydrogen-bond acceptors (Lipinski definition) is 0. The predicted octanol–water partition coefficient (Wildman–Crippen LogP) is 4.03. The SMILES string of the molecule is CCc1cccc(C2=CC(Cl)CC2)c1. The van der Waals surface area contributed by atoms with Crippen molar-refractivity contribution in [1.29, 1.82) is 0 Å². The summed E-state index contributed by atoms with van der Waals surface area (Å²) < 4.78 is 0. The van der Waals surface area contributed by atoms with Gasteiger partial charge in [-0.2, -0.15) is 0 Å². The molecule has 1 aliphatic rings. The van der Waals surface area contributed by atoms with Gasteiger partial charge in [-0.25, -0.2) is 0 Å². The molecule has 1 aromatic carbocycles. The maximum atomic E-state index is 6.05. The molecule has 14 heavy (non-hydrogen) atoms. The zero-order chi connectivity index (χ0) is 9.97. The molecule has 0 saturated carbocycles. The number of allylic oxidation sites excluding steroid dienone is 2. The quantitative estimate of drug-likeness (QED) is 0.641. The molecule has 0 bridgehead atoms. The zero-order valence-corrected chi connectivity index (χ0v) is 9.22. The minimum absolute atomic E-state index is 0.246. The lowest BCUT2D eigenvalue weighted by Crippen LogP contribution is -1.84. The minimum Gasteiger partial charge on any atom is -0.118 e. The van der Waals surface area contributed by atoms with Crippen LogP contribution >= 0.6 is 11.6 Å². The molecule has 1 aromatic rings. The van der Waals surface area contributed by atoms with Crippen LogP contribution in [0, 0.1) is 0 Å². The molecule has 0 heterocycles. The Labute approximate surface area is 90.6 Å². The van der Waals surface area contributed by atoms with Gasteiger partial charge in [-0.15, -0.1) is 11.6 Å². The zero-order valence-electron chi connectivity index (χ0n) is 8.46. The Balaban J connectivity index is 2.28. The summed E-state index contributed by atoms with van der Waals surface area (Å²) in [6.45, 7) is 2.19. The maximum absolute atomic E-state index is 6.05. The number of halogens is 1. The molecule has 0 radical (unpaired) electrons. The van der Waals surface area contributed by atoms with Gasteiger partial charge in [0.2, 0.25) is 0 Å². The largest absolute Gasteiger partial charge is 0.118 e. The molecular weight excluding hydrogens is 192 g/mol. The van der Waals surface area contributed by atoms with E-state index in [0.717, 1.165) is 19.3 Å². The van der Waals surface area contributed by atoms with Gasteiger partial charge in [0.05, 0.1) is 5.38 Å². The van der Waals surface area contributed by atoms with Gasteiger partial charge in [-0.05, 0) is 36.0 Å². The molecule has 0 aromatic heterocycles. The Bertz CT molecular complexity index is 352. The van der Waals surface area contributed by atoms with E-state index in [-0.39, 0.29) is 5.38 Å². The average Bonchev–Trinajstić information content (AvgIpc) is 2.65. The molecule has 0 nitrogen and oxygen atoms in total. The van der Waals surface area contributed by atoms with E-state index >= 15 is 0 Å². The van der Waals surface area contributed by atoms with Crippen molar-refractivity contribution in [3.63, 3.8) is 0 Å². The topological polar surface area (TPSA) is 0 Å². The van der Waals surface area contributed by atoms with Gasteiger partial charge in [0.25, 0.3) is 0 Å². The first-order valence-corrected chi connectivity index (χ1v) is 5.67. The van der Waals surface area contributed by atoms with Gasteiger partial charge in [-0.1, -0.05) is 37.3 Å². The summed E-state index contributed by atoms with van der Waals surface area (Å²) in [6.07, 6.45) is 5.51. The first-order valence-electron chi connectivity index (χ1n) is 5.23. The van der Waals surface area contributed by atoms with Crippen molar-refractivity contribution in [3.8, 4) is 0 Å². The Morgan fingerprint density at radius 2 is 2.29 bits per heavy atom. The second-order valence-electron chi connectivity index (χ2n) is 3.80. The van der Waals surface area contributed by atoms with Crippen LogP contribution in [0.25, 0.3) is 5.57 Å². The smallest absolute Gasteiger partial charge is 0.0525 e. The normalized spacial score (nSPS) is 21.0. The standard InChI is InChI=1S/C13H15Cl/c1-2-10-4-3-5-11(8-10)12-6-7-13(14)9-12/h3-5,8-9,13H,2,6-7H2,1H3. The van der Waals surface area contributed by atoms with Crippen LogP contribution in [-0.4, -0.2) is 5.38 Å². The molecule has 1 atom stereocenters. The molecule has 0 spiro atoms. The Hall–Kier alpha value is -0.750. The fraction of sp³-hybridized carbons (Fsp3) is 0.385. The third-order valence-electron chi connectivity index (χ3n) is 2.78. The van der Waals surface area contributed by atoms with Crippen LogP contribution in [0.2, 0.25) is 0 Å². The molecule has 74 valence electrons. The lowest BCUT2D eigenvalue weighted by Gasteiger charge is -2.03. The number of hydrogen-bond donors (Lipinski definition) is 0. The fourth-order valence-corrected chi connectivity index (χ4v) is 2.17. The monoisotopic (exact) mass is 206 g/mol. The van der Waals surface area contributed by atoms with E-state index in [1.165, 1.54) is 16.7 Å². The van der Waals surface area contributed by atoms with Crippen molar-refractivity contribution in [2.24, 2.45) is 0 Å². The van der Waals surface area contributed by atoms with Crippen molar-refractivity contribution < 1.29 is 0 Å². The summed E-state index contributed by atoms with van der Waals surface area (Å²) in [6, 6.07) is 8.77. The molecule has 0 N–H and O–H groups in total. The molecule has 1 heteroatoms. The molecule has 1 unspecified atom stereocenters. The van der Waals surface area contributed by atoms with Crippen LogP contribution in [-0.2, 0) is 6.42 Å². The van der Waals surface area contributed by atoms with Crippen LogP contribution in [0.3, 0.4) is 0 Å². The molecule has 0 saturated heterocycles. The van der Waals surface area contributed by atoms with Crippen molar-refractivity contribution in [1.82, 2.24) is 0 Å². The lowest BCUT2D eigenvalue weighted by molar-refractivity contribution is 0.941. The molecular formula is C13H15Cl. The van der Waals surface area contributed by atoms with Gasteiger partial charge in [0.1, 0.15) is 0 Å². The number of benzene rings is 1. The van der Waals surface area contributed by atoms with Crippen LogP contribution < -0.4 is 0 Å². The number of alkyl halides is 1. The van der Waals surface area contributed by atoms with Crippen LogP contribution in [0.1, 0.15) is 30.9 Å². The van der Waals surface area contributed by atoms with Crippen molar-refractivity contribution >= 4 is 17.2 Å². The summed E-state index contributed by atoms with van der Waals surface area (Å²) in [5, 5.41) is 0.246. The van der Waals surface area contributed by atoms with E-state index in [9.17, 15) is 0 Å².